The summed E-state index contributed by atoms with van der Waals surface area (Å²) in [4.78, 5) is 30.1. The maximum absolute atomic E-state index is 13.1. The van der Waals surface area contributed by atoms with Crippen LogP contribution in [0, 0.1) is 27.7 Å². The highest BCUT2D eigenvalue weighted by Crippen LogP contribution is 2.19. The van der Waals surface area contributed by atoms with E-state index in [1.54, 1.807) is 10.6 Å². The molecule has 1 N–H and O–H groups in total. The van der Waals surface area contributed by atoms with E-state index in [0.717, 1.165) is 22.4 Å². The summed E-state index contributed by atoms with van der Waals surface area (Å²) in [6.45, 7) is 7.77. The Labute approximate surface area is 196 Å². The Morgan fingerprint density at radius 1 is 1.09 bits per heavy atom. The van der Waals surface area contributed by atoms with Crippen molar-refractivity contribution in [2.75, 3.05) is 11.1 Å². The van der Waals surface area contributed by atoms with Crippen molar-refractivity contribution in [1.82, 2.24) is 24.1 Å². The van der Waals surface area contributed by atoms with Crippen LogP contribution in [0.5, 0.6) is 0 Å². The van der Waals surface area contributed by atoms with Crippen LogP contribution in [-0.4, -0.2) is 35.8 Å². The van der Waals surface area contributed by atoms with Crippen molar-refractivity contribution in [1.29, 1.82) is 0 Å². The Morgan fingerprint density at radius 3 is 2.55 bits per heavy atom. The molecule has 0 bridgehead atoms. The van der Waals surface area contributed by atoms with E-state index < -0.39 is 0 Å². The largest absolute Gasteiger partial charge is 0.325 e. The molecule has 1 aromatic carbocycles. The zero-order valence-electron chi connectivity index (χ0n) is 19.3. The minimum absolute atomic E-state index is 0.105. The average Bonchev–Trinajstić information content (AvgIpc) is 3.09. The number of nitrogens with one attached hydrogen (secondary N) is 1. The van der Waals surface area contributed by atoms with Crippen molar-refractivity contribution >= 4 is 29.0 Å². The third-order valence-electron chi connectivity index (χ3n) is 5.45. The van der Waals surface area contributed by atoms with Crippen molar-refractivity contribution in [3.63, 3.8) is 0 Å². The topological polar surface area (TPSA) is 94.2 Å². The molecule has 0 saturated carbocycles. The molecule has 0 aliphatic rings. The van der Waals surface area contributed by atoms with Crippen molar-refractivity contribution in [2.45, 2.75) is 39.3 Å². The van der Waals surface area contributed by atoms with Crippen LogP contribution in [0.2, 0.25) is 0 Å². The number of thioether (sulfide) groups is 1. The first-order valence-electron chi connectivity index (χ1n) is 10.6. The SMILES string of the molecule is Cc1cc(C)cc(NC(=O)CSc2nnc(Cc3c(C)nc4c(C)cccn4c3=O)n2C)c1. The Kier molecular flexibility index (Phi) is 6.33. The highest BCUT2D eigenvalue weighted by atomic mass is 32.2. The number of carbonyl (C=O) groups excluding carboxylic acids is 1. The highest BCUT2D eigenvalue weighted by Gasteiger charge is 2.17. The molecule has 0 aliphatic heterocycles. The molecular formula is C24H26N6O2S. The minimum Gasteiger partial charge on any atom is -0.325 e. The van der Waals surface area contributed by atoms with Crippen LogP contribution in [-0.2, 0) is 18.3 Å². The van der Waals surface area contributed by atoms with Gasteiger partial charge < -0.3 is 9.88 Å². The molecule has 170 valence electrons. The second-order valence-electron chi connectivity index (χ2n) is 8.21. The van der Waals surface area contributed by atoms with E-state index in [9.17, 15) is 9.59 Å². The summed E-state index contributed by atoms with van der Waals surface area (Å²) in [6.07, 6.45) is 2.04. The third-order valence-corrected chi connectivity index (χ3v) is 6.47. The lowest BCUT2D eigenvalue weighted by molar-refractivity contribution is -0.113. The molecule has 0 atom stereocenters. The maximum Gasteiger partial charge on any atom is 0.261 e. The predicted molar refractivity (Wildman–Crippen MR) is 130 cm³/mol. The van der Waals surface area contributed by atoms with Gasteiger partial charge in [0.15, 0.2) is 5.16 Å². The molecule has 4 rings (SSSR count). The molecule has 0 spiro atoms. The van der Waals surface area contributed by atoms with Gasteiger partial charge >= 0.3 is 0 Å². The van der Waals surface area contributed by atoms with Crippen LogP contribution >= 0.6 is 11.8 Å². The zero-order valence-corrected chi connectivity index (χ0v) is 20.2. The van der Waals surface area contributed by atoms with E-state index in [1.165, 1.54) is 11.8 Å². The number of anilines is 1. The van der Waals surface area contributed by atoms with E-state index in [1.807, 2.05) is 63.6 Å². The van der Waals surface area contributed by atoms with Crippen LogP contribution in [0.25, 0.3) is 5.65 Å². The van der Waals surface area contributed by atoms with E-state index in [0.29, 0.717) is 34.3 Å². The standard InChI is InChI=1S/C24H26N6O2S/c1-14-9-15(2)11-18(10-14)26-21(31)13-33-24-28-27-20(29(24)5)12-19-17(4)25-22-16(3)7-6-8-30(22)23(19)32/h6-11H,12-13H2,1-5H3,(H,26,31). The van der Waals surface area contributed by atoms with Gasteiger partial charge in [-0.1, -0.05) is 23.9 Å². The summed E-state index contributed by atoms with van der Waals surface area (Å²) in [6, 6.07) is 9.71. The lowest BCUT2D eigenvalue weighted by Gasteiger charge is -2.10. The smallest absolute Gasteiger partial charge is 0.261 e. The number of hydrogen-bond donors (Lipinski definition) is 1. The van der Waals surface area contributed by atoms with Gasteiger partial charge in [-0.05, 0) is 62.6 Å². The Hall–Kier alpha value is -3.46. The fourth-order valence-electron chi connectivity index (χ4n) is 3.80. The maximum atomic E-state index is 13.1. The van der Waals surface area contributed by atoms with Gasteiger partial charge in [0.1, 0.15) is 11.5 Å². The average molecular weight is 463 g/mol. The van der Waals surface area contributed by atoms with Crippen LogP contribution in [0.15, 0.2) is 46.5 Å². The van der Waals surface area contributed by atoms with Crippen molar-refractivity contribution in [3.05, 3.63) is 80.7 Å². The minimum atomic E-state index is -0.113. The van der Waals surface area contributed by atoms with Gasteiger partial charge in [0, 0.05) is 36.6 Å². The van der Waals surface area contributed by atoms with Crippen LogP contribution in [0.1, 0.15) is 33.8 Å². The number of nitrogens with zero attached hydrogens (tertiary/aromatic N) is 5. The summed E-state index contributed by atoms with van der Waals surface area (Å²) >= 11 is 1.31. The van der Waals surface area contributed by atoms with Crippen LogP contribution in [0.3, 0.4) is 0 Å². The molecule has 0 radical (unpaired) electrons. The second kappa shape index (κ2) is 9.19. The Morgan fingerprint density at radius 2 is 1.82 bits per heavy atom. The molecular weight excluding hydrogens is 436 g/mol. The first-order chi connectivity index (χ1) is 15.7. The molecule has 0 fully saturated rings. The molecule has 0 unspecified atom stereocenters. The van der Waals surface area contributed by atoms with Gasteiger partial charge in [-0.15, -0.1) is 10.2 Å². The fraction of sp³-hybridized carbons (Fsp3) is 0.292. The first-order valence-corrected chi connectivity index (χ1v) is 11.6. The number of pyridine rings is 1. The van der Waals surface area contributed by atoms with Crippen molar-refractivity contribution < 1.29 is 4.79 Å². The number of aryl methyl sites for hydroxylation is 4. The van der Waals surface area contributed by atoms with Crippen molar-refractivity contribution in [2.24, 2.45) is 7.05 Å². The van der Waals surface area contributed by atoms with Crippen LogP contribution in [0.4, 0.5) is 5.69 Å². The number of aromatic nitrogens is 5. The van der Waals surface area contributed by atoms with Crippen LogP contribution < -0.4 is 10.9 Å². The molecule has 3 aromatic heterocycles. The van der Waals surface area contributed by atoms with Gasteiger partial charge in [-0.2, -0.15) is 0 Å². The molecule has 3 heterocycles. The zero-order chi connectivity index (χ0) is 23.7. The number of rotatable bonds is 6. The summed E-state index contributed by atoms with van der Waals surface area (Å²) in [7, 11) is 1.84. The summed E-state index contributed by atoms with van der Waals surface area (Å²) in [5.41, 5.74) is 5.74. The Balaban J connectivity index is 1.48. The second-order valence-corrected chi connectivity index (χ2v) is 9.16. The molecule has 33 heavy (non-hydrogen) atoms. The van der Waals surface area contributed by atoms with E-state index in [4.69, 9.17) is 0 Å². The predicted octanol–water partition coefficient (Wildman–Crippen LogP) is 3.38. The van der Waals surface area contributed by atoms with Gasteiger partial charge in [0.25, 0.3) is 5.56 Å². The van der Waals surface area contributed by atoms with E-state index in [-0.39, 0.29) is 17.2 Å². The number of benzene rings is 1. The van der Waals surface area contributed by atoms with Gasteiger partial charge in [0.05, 0.1) is 5.75 Å². The molecule has 0 aliphatic carbocycles. The van der Waals surface area contributed by atoms with Gasteiger partial charge in [-0.3, -0.25) is 14.0 Å². The van der Waals surface area contributed by atoms with E-state index >= 15 is 0 Å². The molecule has 8 nitrogen and oxygen atoms in total. The lowest BCUT2D eigenvalue weighted by atomic mass is 10.1. The molecule has 9 heteroatoms. The molecule has 0 saturated heterocycles. The summed E-state index contributed by atoms with van der Waals surface area (Å²) in [5.74, 6) is 0.733. The lowest BCUT2D eigenvalue weighted by Crippen LogP contribution is -2.23. The molecule has 4 aromatic rings. The third kappa shape index (κ3) is 4.83. The monoisotopic (exact) mass is 462 g/mol. The number of amides is 1. The molecule has 1 amide bonds. The summed E-state index contributed by atoms with van der Waals surface area (Å²) in [5, 5.41) is 12.0. The number of hydrogen-bond acceptors (Lipinski definition) is 6. The fourth-order valence-corrected chi connectivity index (χ4v) is 4.53. The van der Waals surface area contributed by atoms with Gasteiger partial charge in [-0.25, -0.2) is 4.98 Å². The van der Waals surface area contributed by atoms with Crippen molar-refractivity contribution in [3.8, 4) is 0 Å². The Bertz CT molecular complexity index is 1400. The number of fused-ring (bicyclic) bond motifs is 1. The quantitative estimate of drug-likeness (QED) is 0.442. The number of carbonyl (C=O) groups is 1. The summed E-state index contributed by atoms with van der Waals surface area (Å²) < 4.78 is 3.39. The van der Waals surface area contributed by atoms with E-state index in [2.05, 4.69) is 26.6 Å². The first kappa shape index (κ1) is 22.7. The normalized spacial score (nSPS) is 11.2. The van der Waals surface area contributed by atoms with Gasteiger partial charge in [0.2, 0.25) is 5.91 Å². The highest BCUT2D eigenvalue weighted by molar-refractivity contribution is 7.99.